The van der Waals surface area contributed by atoms with E-state index in [0.29, 0.717) is 13.1 Å². The molecule has 1 N–H and O–H groups in total. The topological polar surface area (TPSA) is 54.5 Å². The first-order valence-electron chi connectivity index (χ1n) is 4.92. The van der Waals surface area contributed by atoms with E-state index in [1.807, 2.05) is 11.0 Å². The highest BCUT2D eigenvalue weighted by atomic mass is 79.9. The molecule has 1 fully saturated rings. The highest BCUT2D eigenvalue weighted by Gasteiger charge is 2.18. The molecule has 5 nitrogen and oxygen atoms in total. The molecule has 1 aromatic heterocycles. The van der Waals surface area contributed by atoms with E-state index in [9.17, 15) is 4.79 Å². The second kappa shape index (κ2) is 4.69. The van der Waals surface area contributed by atoms with Crippen molar-refractivity contribution in [2.45, 2.75) is 0 Å². The molecule has 0 aromatic carbocycles. The van der Waals surface area contributed by atoms with E-state index in [-0.39, 0.29) is 5.91 Å². The Hall–Kier alpha value is -1.30. The lowest BCUT2D eigenvalue weighted by Crippen LogP contribution is -2.48. The van der Waals surface area contributed by atoms with Crippen LogP contribution in [0, 0.1) is 0 Å². The molecule has 0 bridgehead atoms. The summed E-state index contributed by atoms with van der Waals surface area (Å²) in [7, 11) is 1.60. The summed E-state index contributed by atoms with van der Waals surface area (Å²) in [6.07, 6.45) is 1.68. The van der Waals surface area contributed by atoms with E-state index < -0.39 is 0 Å². The van der Waals surface area contributed by atoms with Crippen molar-refractivity contribution in [3.63, 3.8) is 0 Å². The van der Waals surface area contributed by atoms with Gasteiger partial charge < -0.3 is 15.0 Å². The lowest BCUT2D eigenvalue weighted by molar-refractivity contribution is -0.120. The fraction of sp³-hybridized carbons (Fsp3) is 0.400. The smallest absolute Gasteiger partial charge is 0.239 e. The molecule has 6 heteroatoms. The molecule has 0 atom stereocenters. The van der Waals surface area contributed by atoms with Gasteiger partial charge in [0.05, 0.1) is 18.1 Å². The molecule has 1 amide bonds. The Morgan fingerprint density at radius 1 is 1.62 bits per heavy atom. The largest absolute Gasteiger partial charge is 0.495 e. The van der Waals surface area contributed by atoms with Crippen LogP contribution in [0.2, 0.25) is 0 Å². The van der Waals surface area contributed by atoms with Crippen LogP contribution in [0.4, 0.5) is 5.82 Å². The maximum Gasteiger partial charge on any atom is 0.239 e. The van der Waals surface area contributed by atoms with Gasteiger partial charge in [-0.3, -0.25) is 4.79 Å². The zero-order chi connectivity index (χ0) is 11.5. The molecule has 0 radical (unpaired) electrons. The number of ether oxygens (including phenoxy) is 1. The highest BCUT2D eigenvalue weighted by molar-refractivity contribution is 9.10. The van der Waals surface area contributed by atoms with E-state index in [2.05, 4.69) is 26.2 Å². The maximum atomic E-state index is 11.2. The molecule has 1 aliphatic heterocycles. The Bertz CT molecular complexity index is 411. The number of nitrogens with one attached hydrogen (secondary N) is 1. The normalized spacial score (nSPS) is 15.9. The first-order chi connectivity index (χ1) is 7.70. The fourth-order valence-corrected chi connectivity index (χ4v) is 1.95. The molecule has 0 spiro atoms. The average molecular weight is 286 g/mol. The first kappa shape index (κ1) is 11.2. The maximum absolute atomic E-state index is 11.2. The van der Waals surface area contributed by atoms with Crippen LogP contribution in [0.15, 0.2) is 16.7 Å². The van der Waals surface area contributed by atoms with Gasteiger partial charge in [0.1, 0.15) is 11.6 Å². The number of nitrogens with zero attached hydrogens (tertiary/aromatic N) is 2. The molecular formula is C10H12BrN3O2. The van der Waals surface area contributed by atoms with Gasteiger partial charge in [-0.05, 0) is 15.9 Å². The van der Waals surface area contributed by atoms with Gasteiger partial charge in [-0.25, -0.2) is 4.98 Å². The van der Waals surface area contributed by atoms with E-state index >= 15 is 0 Å². The predicted octanol–water partition coefficient (Wildman–Crippen LogP) is 0.789. The van der Waals surface area contributed by atoms with Crippen LogP contribution in [0.3, 0.4) is 0 Å². The average Bonchev–Trinajstić information content (AvgIpc) is 2.29. The van der Waals surface area contributed by atoms with Crippen molar-refractivity contribution in [1.29, 1.82) is 0 Å². The van der Waals surface area contributed by atoms with Crippen molar-refractivity contribution in [2.75, 3.05) is 31.6 Å². The number of amides is 1. The Balaban J connectivity index is 2.22. The third kappa shape index (κ3) is 2.27. The van der Waals surface area contributed by atoms with Gasteiger partial charge in [0.25, 0.3) is 0 Å². The summed E-state index contributed by atoms with van der Waals surface area (Å²) in [4.78, 5) is 17.4. The lowest BCUT2D eigenvalue weighted by atomic mass is 10.3. The minimum atomic E-state index is 0.0231. The number of methoxy groups -OCH3 is 1. The molecule has 0 unspecified atom stereocenters. The summed E-state index contributed by atoms with van der Waals surface area (Å²) in [5, 5.41) is 2.77. The van der Waals surface area contributed by atoms with Gasteiger partial charge in [0, 0.05) is 25.4 Å². The number of aromatic nitrogens is 1. The fourth-order valence-electron chi connectivity index (χ4n) is 1.57. The molecule has 1 aromatic rings. The quantitative estimate of drug-likeness (QED) is 0.873. The SMILES string of the molecule is COc1cc(N2CCNC(=O)C2)ncc1Br. The van der Waals surface area contributed by atoms with Crippen LogP contribution in [-0.4, -0.2) is 37.6 Å². The van der Waals surface area contributed by atoms with Crippen LogP contribution in [0.1, 0.15) is 0 Å². The number of hydrogen-bond donors (Lipinski definition) is 1. The lowest BCUT2D eigenvalue weighted by Gasteiger charge is -2.27. The second-order valence-corrected chi connectivity index (χ2v) is 4.30. The van der Waals surface area contributed by atoms with E-state index in [1.165, 1.54) is 0 Å². The van der Waals surface area contributed by atoms with Crippen LogP contribution in [0.5, 0.6) is 5.75 Å². The van der Waals surface area contributed by atoms with Gasteiger partial charge in [0.2, 0.25) is 5.91 Å². The minimum absolute atomic E-state index is 0.0231. The Morgan fingerprint density at radius 2 is 2.44 bits per heavy atom. The predicted molar refractivity (Wildman–Crippen MR) is 63.7 cm³/mol. The summed E-state index contributed by atoms with van der Waals surface area (Å²) in [6.45, 7) is 1.76. The van der Waals surface area contributed by atoms with Gasteiger partial charge >= 0.3 is 0 Å². The van der Waals surface area contributed by atoms with Gasteiger partial charge in [0.15, 0.2) is 0 Å². The van der Waals surface area contributed by atoms with Crippen molar-refractivity contribution in [2.24, 2.45) is 0 Å². The van der Waals surface area contributed by atoms with E-state index in [0.717, 1.165) is 22.6 Å². The summed E-state index contributed by atoms with van der Waals surface area (Å²) in [6, 6.07) is 1.82. The molecule has 2 rings (SSSR count). The molecule has 2 heterocycles. The van der Waals surface area contributed by atoms with Crippen molar-refractivity contribution in [1.82, 2.24) is 10.3 Å². The Kier molecular flexibility index (Phi) is 3.28. The van der Waals surface area contributed by atoms with Crippen molar-refractivity contribution in [3.8, 4) is 5.75 Å². The highest BCUT2D eigenvalue weighted by Crippen LogP contribution is 2.27. The molecule has 1 saturated heterocycles. The standard InChI is InChI=1S/C10H12BrN3O2/c1-16-8-4-9(13-5-7(8)11)14-3-2-12-10(15)6-14/h4-5H,2-3,6H2,1H3,(H,12,15). The van der Waals surface area contributed by atoms with Crippen molar-refractivity contribution < 1.29 is 9.53 Å². The van der Waals surface area contributed by atoms with Gasteiger partial charge in [-0.15, -0.1) is 0 Å². The van der Waals surface area contributed by atoms with Crippen molar-refractivity contribution >= 4 is 27.7 Å². The molecule has 86 valence electrons. The third-order valence-electron chi connectivity index (χ3n) is 2.39. The zero-order valence-corrected chi connectivity index (χ0v) is 10.5. The Labute approximate surface area is 102 Å². The number of pyridine rings is 1. The molecular weight excluding hydrogens is 274 g/mol. The number of rotatable bonds is 2. The number of piperazine rings is 1. The van der Waals surface area contributed by atoms with Gasteiger partial charge in [-0.2, -0.15) is 0 Å². The van der Waals surface area contributed by atoms with Crippen LogP contribution in [0.25, 0.3) is 0 Å². The van der Waals surface area contributed by atoms with Crippen LogP contribution < -0.4 is 15.0 Å². The summed E-state index contributed by atoms with van der Waals surface area (Å²) >= 11 is 3.34. The second-order valence-electron chi connectivity index (χ2n) is 3.45. The Morgan fingerprint density at radius 3 is 3.12 bits per heavy atom. The minimum Gasteiger partial charge on any atom is -0.495 e. The number of anilines is 1. The zero-order valence-electron chi connectivity index (χ0n) is 8.86. The number of hydrogen-bond acceptors (Lipinski definition) is 4. The van der Waals surface area contributed by atoms with Crippen LogP contribution in [-0.2, 0) is 4.79 Å². The summed E-state index contributed by atoms with van der Waals surface area (Å²) in [5.41, 5.74) is 0. The monoisotopic (exact) mass is 285 g/mol. The number of carbonyl (C=O) groups is 1. The van der Waals surface area contributed by atoms with Gasteiger partial charge in [-0.1, -0.05) is 0 Å². The van der Waals surface area contributed by atoms with E-state index in [1.54, 1.807) is 13.3 Å². The number of halogens is 1. The molecule has 0 aliphatic carbocycles. The molecule has 1 aliphatic rings. The third-order valence-corrected chi connectivity index (χ3v) is 2.98. The first-order valence-corrected chi connectivity index (χ1v) is 5.71. The van der Waals surface area contributed by atoms with Crippen LogP contribution >= 0.6 is 15.9 Å². The number of carbonyl (C=O) groups excluding carboxylic acids is 1. The van der Waals surface area contributed by atoms with Crippen molar-refractivity contribution in [3.05, 3.63) is 16.7 Å². The molecule has 0 saturated carbocycles. The van der Waals surface area contributed by atoms with E-state index in [4.69, 9.17) is 4.74 Å². The summed E-state index contributed by atoms with van der Waals surface area (Å²) < 4.78 is 5.99. The molecule has 16 heavy (non-hydrogen) atoms. The summed E-state index contributed by atoms with van der Waals surface area (Å²) in [5.74, 6) is 1.50.